The first-order valence-electron chi connectivity index (χ1n) is 7.93. The Labute approximate surface area is 123 Å². The van der Waals surface area contributed by atoms with Gasteiger partial charge >= 0.3 is 0 Å². The van der Waals surface area contributed by atoms with Crippen molar-refractivity contribution in [1.82, 2.24) is 5.32 Å². The van der Waals surface area contributed by atoms with E-state index in [0.717, 1.165) is 38.6 Å². The van der Waals surface area contributed by atoms with Gasteiger partial charge in [0.1, 0.15) is 0 Å². The van der Waals surface area contributed by atoms with Gasteiger partial charge in [-0.3, -0.25) is 0 Å². The second kappa shape index (κ2) is 6.32. The van der Waals surface area contributed by atoms with Gasteiger partial charge < -0.3 is 10.1 Å². The van der Waals surface area contributed by atoms with Crippen LogP contribution in [0.3, 0.4) is 0 Å². The lowest BCUT2D eigenvalue weighted by molar-refractivity contribution is 0.127. The monoisotopic (exact) mass is 303 g/mol. The lowest BCUT2D eigenvalue weighted by Gasteiger charge is -2.32. The minimum atomic E-state index is -3.08. The SMILES string of the molecule is CCCNC1C(S(=O)(=O)CC2CCCO2)CCC1(C)C. The number of rotatable bonds is 6. The molecule has 1 saturated carbocycles. The zero-order valence-corrected chi connectivity index (χ0v) is 13.8. The van der Waals surface area contributed by atoms with Crippen LogP contribution >= 0.6 is 0 Å². The van der Waals surface area contributed by atoms with Crippen molar-refractivity contribution in [3.8, 4) is 0 Å². The van der Waals surface area contributed by atoms with Gasteiger partial charge in [0, 0.05) is 12.6 Å². The lowest BCUT2D eigenvalue weighted by atomic mass is 9.87. The van der Waals surface area contributed by atoms with Crippen LogP contribution < -0.4 is 5.32 Å². The van der Waals surface area contributed by atoms with Crippen LogP contribution in [0.25, 0.3) is 0 Å². The molecule has 2 aliphatic rings. The molecule has 2 fully saturated rings. The zero-order chi connectivity index (χ0) is 14.8. The van der Waals surface area contributed by atoms with Crippen LogP contribution in [0.15, 0.2) is 0 Å². The summed E-state index contributed by atoms with van der Waals surface area (Å²) in [5.41, 5.74) is 0.0590. The first-order chi connectivity index (χ1) is 9.37. The van der Waals surface area contributed by atoms with E-state index < -0.39 is 9.84 Å². The van der Waals surface area contributed by atoms with E-state index in [1.54, 1.807) is 0 Å². The average molecular weight is 303 g/mol. The van der Waals surface area contributed by atoms with Crippen molar-refractivity contribution in [2.45, 2.75) is 70.3 Å². The highest BCUT2D eigenvalue weighted by molar-refractivity contribution is 7.92. The number of hydrogen-bond acceptors (Lipinski definition) is 4. The highest BCUT2D eigenvalue weighted by Crippen LogP contribution is 2.41. The number of sulfone groups is 1. The smallest absolute Gasteiger partial charge is 0.157 e. The summed E-state index contributed by atoms with van der Waals surface area (Å²) in [6.45, 7) is 8.09. The Morgan fingerprint density at radius 3 is 2.65 bits per heavy atom. The van der Waals surface area contributed by atoms with Gasteiger partial charge in [-0.25, -0.2) is 8.42 Å². The fourth-order valence-corrected chi connectivity index (χ4v) is 5.98. The van der Waals surface area contributed by atoms with Gasteiger partial charge in [0.25, 0.3) is 0 Å². The van der Waals surface area contributed by atoms with Gasteiger partial charge in [-0.15, -0.1) is 0 Å². The number of hydrogen-bond donors (Lipinski definition) is 1. The molecule has 1 aliphatic carbocycles. The summed E-state index contributed by atoms with van der Waals surface area (Å²) in [5.74, 6) is 0.206. The van der Waals surface area contributed by atoms with Gasteiger partial charge in [0.2, 0.25) is 0 Å². The molecule has 0 bridgehead atoms. The standard InChI is InChI=1S/C15H29NO3S/c1-4-9-16-14-13(7-8-15(14,2)3)20(17,18)11-12-6-5-10-19-12/h12-14,16H,4-11H2,1-3H3. The first kappa shape index (κ1) is 16.2. The zero-order valence-electron chi connectivity index (χ0n) is 13.0. The summed E-state index contributed by atoms with van der Waals surface area (Å²) in [7, 11) is -3.08. The molecule has 3 atom stereocenters. The minimum absolute atomic E-state index is 0.0590. The molecule has 1 aliphatic heterocycles. The van der Waals surface area contributed by atoms with Crippen LogP contribution in [0.5, 0.6) is 0 Å². The van der Waals surface area contributed by atoms with E-state index in [4.69, 9.17) is 4.74 Å². The van der Waals surface area contributed by atoms with Gasteiger partial charge in [0.05, 0.1) is 17.1 Å². The van der Waals surface area contributed by atoms with E-state index in [0.29, 0.717) is 6.61 Å². The Kier molecular flexibility index (Phi) is 5.14. The Balaban J connectivity index is 2.08. The maximum absolute atomic E-state index is 12.7. The van der Waals surface area contributed by atoms with Crippen molar-refractivity contribution in [2.75, 3.05) is 18.9 Å². The molecule has 118 valence electrons. The molecule has 0 spiro atoms. The van der Waals surface area contributed by atoms with E-state index in [1.165, 1.54) is 0 Å². The quantitative estimate of drug-likeness (QED) is 0.817. The van der Waals surface area contributed by atoms with E-state index in [9.17, 15) is 8.42 Å². The van der Waals surface area contributed by atoms with E-state index in [1.807, 2.05) is 0 Å². The Morgan fingerprint density at radius 2 is 2.05 bits per heavy atom. The molecule has 0 aromatic rings. The second-order valence-electron chi connectivity index (χ2n) is 6.96. The maximum Gasteiger partial charge on any atom is 0.157 e. The molecule has 5 heteroatoms. The van der Waals surface area contributed by atoms with E-state index >= 15 is 0 Å². The summed E-state index contributed by atoms with van der Waals surface area (Å²) in [4.78, 5) is 0. The molecule has 0 radical (unpaired) electrons. The fraction of sp³-hybridized carbons (Fsp3) is 1.00. The van der Waals surface area contributed by atoms with Crippen LogP contribution in [-0.2, 0) is 14.6 Å². The largest absolute Gasteiger partial charge is 0.377 e. The Morgan fingerprint density at radius 1 is 1.30 bits per heavy atom. The molecule has 20 heavy (non-hydrogen) atoms. The molecule has 2 rings (SSSR count). The van der Waals surface area contributed by atoms with E-state index in [2.05, 4.69) is 26.1 Å². The predicted octanol–water partition coefficient (Wildman–Crippen LogP) is 2.14. The van der Waals surface area contributed by atoms with Crippen molar-refractivity contribution in [1.29, 1.82) is 0 Å². The average Bonchev–Trinajstić information content (AvgIpc) is 2.94. The maximum atomic E-state index is 12.7. The minimum Gasteiger partial charge on any atom is -0.377 e. The summed E-state index contributed by atoms with van der Waals surface area (Å²) in [5, 5.41) is 3.24. The topological polar surface area (TPSA) is 55.4 Å². The summed E-state index contributed by atoms with van der Waals surface area (Å²) >= 11 is 0. The van der Waals surface area contributed by atoms with Gasteiger partial charge in [-0.2, -0.15) is 0 Å². The summed E-state index contributed by atoms with van der Waals surface area (Å²) < 4.78 is 31.0. The van der Waals surface area contributed by atoms with Crippen LogP contribution in [-0.4, -0.2) is 44.7 Å². The van der Waals surface area contributed by atoms with Crippen LogP contribution in [0.4, 0.5) is 0 Å². The number of nitrogens with one attached hydrogen (secondary N) is 1. The Hall–Kier alpha value is -0.130. The molecule has 1 N–H and O–H groups in total. The van der Waals surface area contributed by atoms with Crippen molar-refractivity contribution in [3.05, 3.63) is 0 Å². The molecule has 0 aromatic heterocycles. The molecule has 0 aromatic carbocycles. The molecular weight excluding hydrogens is 274 g/mol. The van der Waals surface area contributed by atoms with Crippen molar-refractivity contribution in [2.24, 2.45) is 5.41 Å². The van der Waals surface area contributed by atoms with E-state index in [-0.39, 0.29) is 28.6 Å². The van der Waals surface area contributed by atoms with Gasteiger partial charge in [-0.1, -0.05) is 20.8 Å². The Bertz CT molecular complexity index is 413. The van der Waals surface area contributed by atoms with Crippen molar-refractivity contribution in [3.63, 3.8) is 0 Å². The second-order valence-corrected chi connectivity index (χ2v) is 9.23. The van der Waals surface area contributed by atoms with Crippen LogP contribution in [0.2, 0.25) is 0 Å². The molecule has 1 heterocycles. The highest BCUT2D eigenvalue weighted by atomic mass is 32.2. The first-order valence-corrected chi connectivity index (χ1v) is 9.65. The molecule has 1 saturated heterocycles. The molecule has 3 unspecified atom stereocenters. The third-order valence-electron chi connectivity index (χ3n) is 4.80. The lowest BCUT2D eigenvalue weighted by Crippen LogP contribution is -2.49. The molecular formula is C15H29NO3S. The summed E-state index contributed by atoms with van der Waals surface area (Å²) in [6, 6.07) is 0.0776. The molecule has 0 amide bonds. The van der Waals surface area contributed by atoms with Gasteiger partial charge in [-0.05, 0) is 44.1 Å². The molecule has 4 nitrogen and oxygen atoms in total. The van der Waals surface area contributed by atoms with Crippen molar-refractivity contribution >= 4 is 9.84 Å². The predicted molar refractivity (Wildman–Crippen MR) is 81.6 cm³/mol. The normalized spacial score (nSPS) is 33.6. The van der Waals surface area contributed by atoms with Crippen LogP contribution in [0.1, 0.15) is 52.9 Å². The number of ether oxygens (including phenoxy) is 1. The van der Waals surface area contributed by atoms with Gasteiger partial charge in [0.15, 0.2) is 9.84 Å². The summed E-state index contributed by atoms with van der Waals surface area (Å²) in [6.07, 6.45) is 4.60. The fourth-order valence-electron chi connectivity index (χ4n) is 3.59. The van der Waals surface area contributed by atoms with Crippen molar-refractivity contribution < 1.29 is 13.2 Å². The highest BCUT2D eigenvalue weighted by Gasteiger charge is 2.48. The van der Waals surface area contributed by atoms with Crippen LogP contribution in [0, 0.1) is 5.41 Å². The third kappa shape index (κ3) is 3.55. The third-order valence-corrected chi connectivity index (χ3v) is 7.07.